The third-order valence-electron chi connectivity index (χ3n) is 1.54. The molecule has 1 rings (SSSR count). The lowest BCUT2D eigenvalue weighted by Crippen LogP contribution is -2.20. The van der Waals surface area contributed by atoms with Crippen molar-refractivity contribution in [1.29, 1.82) is 0 Å². The second-order valence-corrected chi connectivity index (χ2v) is 3.31. The first-order valence-electron chi connectivity index (χ1n) is 3.51. The molecule has 0 amide bonds. The Kier molecular flexibility index (Phi) is 3.54. The van der Waals surface area contributed by atoms with Crippen LogP contribution in [0.4, 0.5) is 0 Å². The number of benzene rings is 1. The summed E-state index contributed by atoms with van der Waals surface area (Å²) < 4.78 is 0.623. The van der Waals surface area contributed by atoms with Crippen LogP contribution in [-0.2, 0) is 4.79 Å². The first-order chi connectivity index (χ1) is 6.13. The highest BCUT2D eigenvalue weighted by Gasteiger charge is 2.24. The smallest absolute Gasteiger partial charge is 0.328 e. The van der Waals surface area contributed by atoms with Gasteiger partial charge in [0.05, 0.1) is 0 Å². The Bertz CT molecular complexity index is 289. The summed E-state index contributed by atoms with van der Waals surface area (Å²) in [6.45, 7) is 0. The van der Waals surface area contributed by atoms with Crippen molar-refractivity contribution in [2.24, 2.45) is 0 Å². The summed E-state index contributed by atoms with van der Waals surface area (Å²) in [5.41, 5.74) is 0.542. The summed E-state index contributed by atoms with van der Waals surface area (Å²) in [4.78, 5) is 10.7. The van der Waals surface area contributed by atoms with E-state index in [0.29, 0.717) is 9.50 Å². The van der Waals surface area contributed by atoms with Crippen LogP contribution in [0.5, 0.6) is 0 Å². The molecule has 1 aromatic rings. The van der Waals surface area contributed by atoms with E-state index < -0.39 is 12.0 Å². The maximum absolute atomic E-state index is 10.7. The lowest BCUT2D eigenvalue weighted by atomic mass is 10.1. The van der Waals surface area contributed by atoms with Crippen molar-refractivity contribution >= 4 is 29.5 Å². The minimum Gasteiger partial charge on any atom is -0.480 e. The predicted octanol–water partition coefficient (Wildman–Crippen LogP) is 2.42. The highest BCUT2D eigenvalue weighted by molar-refractivity contribution is 6.34. The number of hydrogen-bond donors (Lipinski definition) is 1. The molecule has 0 aliphatic carbocycles. The van der Waals surface area contributed by atoms with Crippen molar-refractivity contribution in [2.75, 3.05) is 0 Å². The molecule has 1 aromatic carbocycles. The van der Waals surface area contributed by atoms with Crippen LogP contribution in [0, 0.1) is 0 Å². The third-order valence-corrected chi connectivity index (χ3v) is 1.93. The number of aliphatic carboxylic acids is 1. The van der Waals surface area contributed by atoms with Crippen LogP contribution in [0.1, 0.15) is 11.6 Å². The van der Waals surface area contributed by atoms with Gasteiger partial charge in [0, 0.05) is 0 Å². The molecule has 3 nitrogen and oxygen atoms in total. The van der Waals surface area contributed by atoms with Gasteiger partial charge in [-0.25, -0.2) is 0 Å². The van der Waals surface area contributed by atoms with Gasteiger partial charge in [0.2, 0.25) is 0 Å². The summed E-state index contributed by atoms with van der Waals surface area (Å²) >= 11 is 10.8. The first-order valence-corrected chi connectivity index (χ1v) is 4.19. The van der Waals surface area contributed by atoms with Gasteiger partial charge in [-0.1, -0.05) is 30.3 Å². The van der Waals surface area contributed by atoms with Gasteiger partial charge in [-0.2, -0.15) is 0 Å². The van der Waals surface area contributed by atoms with Crippen molar-refractivity contribution in [2.45, 2.75) is 6.04 Å². The third kappa shape index (κ3) is 2.59. The topological polar surface area (TPSA) is 40.5 Å². The number of halogens is 2. The van der Waals surface area contributed by atoms with Crippen molar-refractivity contribution in [3.8, 4) is 0 Å². The number of nitrogens with zero attached hydrogens (tertiary/aromatic N) is 1. The van der Waals surface area contributed by atoms with Crippen LogP contribution in [0.25, 0.3) is 0 Å². The Labute approximate surface area is 85.7 Å². The first kappa shape index (κ1) is 10.3. The SMILES string of the molecule is O=C(O)C(c1ccccc1)N(Cl)Cl. The zero-order chi connectivity index (χ0) is 9.84. The zero-order valence-electron chi connectivity index (χ0n) is 6.52. The average Bonchev–Trinajstić information content (AvgIpc) is 2.04. The number of rotatable bonds is 3. The molecule has 0 bridgehead atoms. The second-order valence-electron chi connectivity index (χ2n) is 2.41. The maximum atomic E-state index is 10.7. The van der Waals surface area contributed by atoms with Crippen LogP contribution >= 0.6 is 23.6 Å². The molecule has 0 spiro atoms. The fourth-order valence-corrected chi connectivity index (χ4v) is 1.37. The standard InChI is InChI=1S/C8H7Cl2NO2/c9-11(10)7(8(12)13)6-4-2-1-3-5-6/h1-5,7H,(H,12,13). The molecule has 5 heteroatoms. The van der Waals surface area contributed by atoms with Gasteiger partial charge in [-0.05, 0) is 29.1 Å². The van der Waals surface area contributed by atoms with Crippen molar-refractivity contribution < 1.29 is 9.90 Å². The molecule has 0 aromatic heterocycles. The molecule has 70 valence electrons. The lowest BCUT2D eigenvalue weighted by Gasteiger charge is -2.14. The molecule has 1 N–H and O–H groups in total. The van der Waals surface area contributed by atoms with Crippen LogP contribution < -0.4 is 0 Å². The van der Waals surface area contributed by atoms with Crippen molar-refractivity contribution in [1.82, 2.24) is 3.94 Å². The monoisotopic (exact) mass is 219 g/mol. The Morgan fingerprint density at radius 1 is 1.31 bits per heavy atom. The highest BCUT2D eigenvalue weighted by Crippen LogP contribution is 2.24. The van der Waals surface area contributed by atoms with Gasteiger partial charge in [-0.15, -0.1) is 3.94 Å². The van der Waals surface area contributed by atoms with Gasteiger partial charge in [-0.3, -0.25) is 4.79 Å². The van der Waals surface area contributed by atoms with E-state index in [4.69, 9.17) is 28.7 Å². The summed E-state index contributed by atoms with van der Waals surface area (Å²) in [5, 5.41) is 8.79. The van der Waals surface area contributed by atoms with E-state index in [9.17, 15) is 4.79 Å². The number of carboxylic acid groups (broad SMARTS) is 1. The second kappa shape index (κ2) is 4.46. The highest BCUT2D eigenvalue weighted by atomic mass is 35.5. The Balaban J connectivity index is 2.96. The van der Waals surface area contributed by atoms with E-state index in [1.807, 2.05) is 0 Å². The maximum Gasteiger partial charge on any atom is 0.328 e. The fourth-order valence-electron chi connectivity index (χ4n) is 0.974. The summed E-state index contributed by atoms with van der Waals surface area (Å²) in [6, 6.07) is 7.51. The fraction of sp³-hybridized carbons (Fsp3) is 0.125. The lowest BCUT2D eigenvalue weighted by molar-refractivity contribution is -0.140. The molecular formula is C8H7Cl2NO2. The Hall–Kier alpha value is -0.770. The van der Waals surface area contributed by atoms with Gasteiger partial charge in [0.25, 0.3) is 0 Å². The predicted molar refractivity (Wildman–Crippen MR) is 50.4 cm³/mol. The van der Waals surface area contributed by atoms with Crippen LogP contribution in [0.2, 0.25) is 0 Å². The summed E-state index contributed by atoms with van der Waals surface area (Å²) in [5.74, 6) is -1.09. The normalized spacial score (nSPS) is 12.8. The van der Waals surface area contributed by atoms with Crippen molar-refractivity contribution in [3.05, 3.63) is 35.9 Å². The largest absolute Gasteiger partial charge is 0.480 e. The summed E-state index contributed by atoms with van der Waals surface area (Å²) in [7, 11) is 0. The number of carbonyl (C=O) groups is 1. The molecule has 0 saturated carbocycles. The molecule has 1 unspecified atom stereocenters. The molecular weight excluding hydrogens is 213 g/mol. The minimum absolute atomic E-state index is 0.542. The molecule has 1 atom stereocenters. The quantitative estimate of drug-likeness (QED) is 0.795. The van der Waals surface area contributed by atoms with E-state index in [1.54, 1.807) is 30.3 Å². The number of hydrogen-bond acceptors (Lipinski definition) is 2. The van der Waals surface area contributed by atoms with E-state index in [0.717, 1.165) is 0 Å². The molecule has 0 heterocycles. The van der Waals surface area contributed by atoms with Gasteiger partial charge in [0.15, 0.2) is 6.04 Å². The molecule has 0 saturated heterocycles. The van der Waals surface area contributed by atoms with Gasteiger partial charge < -0.3 is 5.11 Å². The van der Waals surface area contributed by atoms with Gasteiger partial charge in [0.1, 0.15) is 0 Å². The van der Waals surface area contributed by atoms with Crippen LogP contribution in [0.15, 0.2) is 30.3 Å². The molecule has 0 radical (unpaired) electrons. The van der Waals surface area contributed by atoms with E-state index in [1.165, 1.54) is 0 Å². The average molecular weight is 220 g/mol. The zero-order valence-corrected chi connectivity index (χ0v) is 8.03. The van der Waals surface area contributed by atoms with E-state index in [2.05, 4.69) is 0 Å². The molecule has 0 fully saturated rings. The Morgan fingerprint density at radius 2 is 1.85 bits per heavy atom. The van der Waals surface area contributed by atoms with Crippen LogP contribution in [-0.4, -0.2) is 15.0 Å². The minimum atomic E-state index is -1.09. The molecule has 0 aliphatic rings. The molecule has 13 heavy (non-hydrogen) atoms. The Morgan fingerprint density at radius 3 is 2.23 bits per heavy atom. The van der Waals surface area contributed by atoms with E-state index >= 15 is 0 Å². The van der Waals surface area contributed by atoms with E-state index in [-0.39, 0.29) is 0 Å². The summed E-state index contributed by atoms with van der Waals surface area (Å²) in [6.07, 6.45) is 0. The van der Waals surface area contributed by atoms with Crippen LogP contribution in [0.3, 0.4) is 0 Å². The van der Waals surface area contributed by atoms with Crippen molar-refractivity contribution in [3.63, 3.8) is 0 Å². The van der Waals surface area contributed by atoms with Gasteiger partial charge >= 0.3 is 5.97 Å². The number of carboxylic acids is 1. The molecule has 0 aliphatic heterocycles.